The van der Waals surface area contributed by atoms with Crippen LogP contribution in [0.2, 0.25) is 0 Å². The molecule has 0 saturated heterocycles. The molecule has 0 bridgehead atoms. The molecule has 0 aliphatic rings. The molecule has 1 nitrogen and oxygen atoms in total. The molecule has 158 valence electrons. The third kappa shape index (κ3) is 2.19. The van der Waals surface area contributed by atoms with Crippen molar-refractivity contribution in [2.75, 3.05) is 11.9 Å². The summed E-state index contributed by atoms with van der Waals surface area (Å²) in [4.78, 5) is 2.32. The second-order valence-corrected chi connectivity index (χ2v) is 9.41. The van der Waals surface area contributed by atoms with Gasteiger partial charge in [0.2, 0.25) is 0 Å². The van der Waals surface area contributed by atoms with Gasteiger partial charge in [0.15, 0.2) is 0 Å². The van der Waals surface area contributed by atoms with Gasteiger partial charge in [-0.05, 0) is 89.6 Å². The van der Waals surface area contributed by atoms with Gasteiger partial charge in [-0.1, -0.05) is 78.9 Å². The molecule has 8 aromatic carbocycles. The molecule has 0 aromatic heterocycles. The Kier molecular flexibility index (Phi) is 3.39. The normalized spacial score (nSPS) is 12.3. The van der Waals surface area contributed by atoms with E-state index >= 15 is 0 Å². The van der Waals surface area contributed by atoms with Gasteiger partial charge in [0.1, 0.15) is 0 Å². The number of benzene rings is 6. The fourth-order valence-electron chi connectivity index (χ4n) is 6.20. The van der Waals surface area contributed by atoms with Gasteiger partial charge in [-0.15, -0.1) is 0 Å². The Morgan fingerprint density at radius 3 is 1.65 bits per heavy atom. The lowest BCUT2D eigenvalue weighted by Gasteiger charge is -2.21. The van der Waals surface area contributed by atoms with E-state index in [0.717, 1.165) is 0 Å². The molecule has 0 aliphatic heterocycles. The van der Waals surface area contributed by atoms with Crippen molar-refractivity contribution in [3.63, 3.8) is 0 Å². The van der Waals surface area contributed by atoms with E-state index in [2.05, 4.69) is 121 Å². The number of fused-ring (bicyclic) bond motifs is 6. The van der Waals surface area contributed by atoms with Crippen LogP contribution in [0, 0.1) is 0 Å². The molecule has 8 aromatic rings. The quantitative estimate of drug-likeness (QED) is 0.264. The number of rotatable bonds is 2. The maximum Gasteiger partial charge on any atom is 0.0494 e. The Balaban J connectivity index is 1.58. The van der Waals surface area contributed by atoms with E-state index in [0.29, 0.717) is 0 Å². The average Bonchev–Trinajstić information content (AvgIpc) is 3.39. The molecule has 34 heavy (non-hydrogen) atoms. The Labute approximate surface area is 197 Å². The SMILES string of the molecule is CN(c1ccccc1)c1ccc2cccc3c4cc5c(cc4c1c23)c1cccc2cccc5c21. The van der Waals surface area contributed by atoms with Crippen LogP contribution in [0.25, 0.3) is 64.6 Å². The minimum absolute atomic E-state index is 1.20. The first kappa shape index (κ1) is 18.1. The molecule has 0 heterocycles. The van der Waals surface area contributed by atoms with E-state index in [4.69, 9.17) is 0 Å². The summed E-state index contributed by atoms with van der Waals surface area (Å²) in [6, 6.07) is 40.2. The van der Waals surface area contributed by atoms with Crippen molar-refractivity contribution in [3.8, 4) is 0 Å². The fraction of sp³-hybridized carbons (Fsp3) is 0.0303. The summed E-state index contributed by atoms with van der Waals surface area (Å²) in [6.45, 7) is 0. The third-order valence-electron chi connectivity index (χ3n) is 7.73. The van der Waals surface area contributed by atoms with Crippen molar-refractivity contribution in [1.82, 2.24) is 0 Å². The Morgan fingerprint density at radius 2 is 0.971 bits per heavy atom. The van der Waals surface area contributed by atoms with E-state index in [-0.39, 0.29) is 0 Å². The second-order valence-electron chi connectivity index (χ2n) is 9.41. The molecule has 0 saturated carbocycles. The monoisotopic (exact) mass is 431 g/mol. The summed E-state index contributed by atoms with van der Waals surface area (Å²) in [5, 5.41) is 16.2. The highest BCUT2D eigenvalue weighted by Crippen LogP contribution is 2.48. The Morgan fingerprint density at radius 1 is 0.412 bits per heavy atom. The second kappa shape index (κ2) is 6.36. The minimum Gasteiger partial charge on any atom is -0.344 e. The van der Waals surface area contributed by atoms with Crippen molar-refractivity contribution >= 4 is 76.0 Å². The number of hydrogen-bond acceptors (Lipinski definition) is 1. The summed E-state index contributed by atoms with van der Waals surface area (Å²) < 4.78 is 0. The molecule has 0 amide bonds. The Hall–Kier alpha value is -4.36. The Bertz CT molecular complexity index is 2010. The zero-order valence-corrected chi connectivity index (χ0v) is 18.8. The van der Waals surface area contributed by atoms with E-state index in [9.17, 15) is 0 Å². The van der Waals surface area contributed by atoms with Crippen LogP contribution >= 0.6 is 0 Å². The zero-order valence-electron chi connectivity index (χ0n) is 18.8. The molecule has 8 rings (SSSR count). The maximum atomic E-state index is 2.45. The summed E-state index contributed by atoms with van der Waals surface area (Å²) >= 11 is 0. The molecule has 0 radical (unpaired) electrons. The van der Waals surface area contributed by atoms with Crippen molar-refractivity contribution in [3.05, 3.63) is 109 Å². The summed E-state index contributed by atoms with van der Waals surface area (Å²) in [6.07, 6.45) is 0. The number of anilines is 2. The third-order valence-corrected chi connectivity index (χ3v) is 7.73. The van der Waals surface area contributed by atoms with Crippen LogP contribution in [-0.4, -0.2) is 7.05 Å². The molecular weight excluding hydrogens is 410 g/mol. The minimum atomic E-state index is 1.20. The predicted molar refractivity (Wildman–Crippen MR) is 148 cm³/mol. The fourth-order valence-corrected chi connectivity index (χ4v) is 6.20. The van der Waals surface area contributed by atoms with Crippen molar-refractivity contribution < 1.29 is 0 Å². The summed E-state index contributed by atoms with van der Waals surface area (Å²) in [5.41, 5.74) is 2.45. The van der Waals surface area contributed by atoms with E-state index in [1.54, 1.807) is 0 Å². The summed E-state index contributed by atoms with van der Waals surface area (Å²) in [7, 11) is 2.18. The van der Waals surface area contributed by atoms with E-state index < -0.39 is 0 Å². The molecule has 1 heteroatoms. The zero-order chi connectivity index (χ0) is 22.4. The number of hydrogen-bond donors (Lipinski definition) is 0. The largest absolute Gasteiger partial charge is 0.344 e. The van der Waals surface area contributed by atoms with Gasteiger partial charge in [0.25, 0.3) is 0 Å². The average molecular weight is 432 g/mol. The lowest BCUT2D eigenvalue weighted by molar-refractivity contribution is 1.22. The van der Waals surface area contributed by atoms with E-state index in [1.165, 1.54) is 76.0 Å². The first-order chi connectivity index (χ1) is 16.8. The van der Waals surface area contributed by atoms with Crippen LogP contribution < -0.4 is 4.90 Å². The van der Waals surface area contributed by atoms with Gasteiger partial charge >= 0.3 is 0 Å². The van der Waals surface area contributed by atoms with Crippen LogP contribution in [0.15, 0.2) is 109 Å². The van der Waals surface area contributed by atoms with Crippen molar-refractivity contribution in [2.24, 2.45) is 0 Å². The van der Waals surface area contributed by atoms with Gasteiger partial charge in [-0.3, -0.25) is 0 Å². The van der Waals surface area contributed by atoms with Gasteiger partial charge in [-0.25, -0.2) is 0 Å². The molecule has 0 spiro atoms. The first-order valence-corrected chi connectivity index (χ1v) is 11.9. The lowest BCUT2D eigenvalue weighted by atomic mass is 10.0. The van der Waals surface area contributed by atoms with Gasteiger partial charge in [0, 0.05) is 23.8 Å². The molecule has 0 N–H and O–H groups in total. The number of para-hydroxylation sites is 1. The van der Waals surface area contributed by atoms with Crippen LogP contribution in [0.3, 0.4) is 0 Å². The highest BCUT2D eigenvalue weighted by molar-refractivity contribution is 6.38. The molecule has 0 aliphatic carbocycles. The maximum absolute atomic E-state index is 2.45. The van der Waals surface area contributed by atoms with Gasteiger partial charge in [0.05, 0.1) is 0 Å². The van der Waals surface area contributed by atoms with Crippen LogP contribution in [0.4, 0.5) is 11.4 Å². The van der Waals surface area contributed by atoms with Crippen LogP contribution in [0.5, 0.6) is 0 Å². The van der Waals surface area contributed by atoms with E-state index in [1.807, 2.05) is 0 Å². The summed E-state index contributed by atoms with van der Waals surface area (Å²) in [5.74, 6) is 0. The molecule has 0 atom stereocenters. The van der Waals surface area contributed by atoms with Gasteiger partial charge in [-0.2, -0.15) is 0 Å². The van der Waals surface area contributed by atoms with Crippen LogP contribution in [0.1, 0.15) is 0 Å². The van der Waals surface area contributed by atoms with Crippen LogP contribution in [-0.2, 0) is 0 Å². The molecular formula is C33H21N. The van der Waals surface area contributed by atoms with Crippen molar-refractivity contribution in [1.29, 1.82) is 0 Å². The highest BCUT2D eigenvalue weighted by atomic mass is 15.1. The highest BCUT2D eigenvalue weighted by Gasteiger charge is 2.20. The molecule has 0 unspecified atom stereocenters. The lowest BCUT2D eigenvalue weighted by Crippen LogP contribution is -2.09. The first-order valence-electron chi connectivity index (χ1n) is 11.9. The number of nitrogens with zero attached hydrogens (tertiary/aromatic N) is 1. The molecule has 0 fully saturated rings. The van der Waals surface area contributed by atoms with Gasteiger partial charge < -0.3 is 4.90 Å². The van der Waals surface area contributed by atoms with Crippen molar-refractivity contribution in [2.45, 2.75) is 0 Å². The topological polar surface area (TPSA) is 3.24 Å². The predicted octanol–water partition coefficient (Wildman–Crippen LogP) is 9.25. The smallest absolute Gasteiger partial charge is 0.0494 e. The standard InChI is InChI=1S/C33H21N/c1-34(22-11-3-2-4-12-22)30-17-16-21-10-7-15-25-28-18-26-23-13-5-8-20-9-6-14-24(31(20)23)27(26)19-29(28)33(30)32(21)25/h2-19H,1H3.